The molecule has 3 atom stereocenters. The molecule has 4 nitrogen and oxygen atoms in total. The second-order valence-electron chi connectivity index (χ2n) is 5.12. The van der Waals surface area contributed by atoms with Crippen molar-refractivity contribution in [2.24, 2.45) is 0 Å². The van der Waals surface area contributed by atoms with Gasteiger partial charge in [0.15, 0.2) is 0 Å². The Balaban J connectivity index is 2.19. The molecule has 1 aliphatic heterocycles. The van der Waals surface area contributed by atoms with Gasteiger partial charge in [-0.2, -0.15) is 0 Å². The highest BCUT2D eigenvalue weighted by Gasteiger charge is 2.37. The predicted octanol–water partition coefficient (Wildman–Crippen LogP) is 1.55. The Hall–Kier alpha value is -1.34. The molecule has 0 aliphatic carbocycles. The van der Waals surface area contributed by atoms with E-state index in [1.165, 1.54) is 17.0 Å². The molecule has 2 rings (SSSR count). The predicted molar refractivity (Wildman–Crippen MR) is 77.0 cm³/mol. The second kappa shape index (κ2) is 6.62. The highest BCUT2D eigenvalue weighted by atomic mass is 32.2. The second-order valence-corrected chi connectivity index (χ2v) is 6.67. The molecule has 1 amide bonds. The first-order valence-corrected chi connectivity index (χ1v) is 8.44. The standard InChI is InChI=1S/C14H18F2N2O2S/c1-9-14(19)18(6-3-7-21(2)20)13(17-9)11-5-4-10(15)8-12(11)16/h4-5,8-9,13,17H,3,6-7H2,1-2H3. The highest BCUT2D eigenvalue weighted by Crippen LogP contribution is 2.27. The molecule has 0 saturated carbocycles. The number of hydrogen-bond acceptors (Lipinski definition) is 3. The average Bonchev–Trinajstić information content (AvgIpc) is 2.66. The summed E-state index contributed by atoms with van der Waals surface area (Å²) in [4.78, 5) is 13.7. The SMILES string of the molecule is CC1NC(c2ccc(F)cc2F)N(CCCS(C)=O)C1=O. The quantitative estimate of drug-likeness (QED) is 0.897. The molecule has 7 heteroatoms. The number of amides is 1. The zero-order chi connectivity index (χ0) is 15.6. The van der Waals surface area contributed by atoms with Crippen molar-refractivity contribution < 1.29 is 17.8 Å². The molecule has 1 fully saturated rings. The topological polar surface area (TPSA) is 49.4 Å². The molecular weight excluding hydrogens is 298 g/mol. The van der Waals surface area contributed by atoms with E-state index < -0.39 is 34.6 Å². The Morgan fingerprint density at radius 2 is 2.10 bits per heavy atom. The molecule has 1 heterocycles. The molecule has 0 aromatic heterocycles. The molecule has 21 heavy (non-hydrogen) atoms. The number of halogens is 2. The van der Waals surface area contributed by atoms with Gasteiger partial charge in [0.25, 0.3) is 0 Å². The number of benzene rings is 1. The van der Waals surface area contributed by atoms with Gasteiger partial charge in [-0.15, -0.1) is 0 Å². The van der Waals surface area contributed by atoms with Crippen LogP contribution in [0.15, 0.2) is 18.2 Å². The Morgan fingerprint density at radius 1 is 1.38 bits per heavy atom. The minimum Gasteiger partial charge on any atom is -0.321 e. The third kappa shape index (κ3) is 3.65. The van der Waals surface area contributed by atoms with E-state index in [9.17, 15) is 17.8 Å². The monoisotopic (exact) mass is 316 g/mol. The first-order valence-electron chi connectivity index (χ1n) is 6.71. The fraction of sp³-hybridized carbons (Fsp3) is 0.500. The molecule has 116 valence electrons. The summed E-state index contributed by atoms with van der Waals surface area (Å²) in [5.74, 6) is -0.984. The number of nitrogens with zero attached hydrogens (tertiary/aromatic N) is 1. The number of nitrogens with one attached hydrogen (secondary N) is 1. The molecule has 1 saturated heterocycles. The lowest BCUT2D eigenvalue weighted by Crippen LogP contribution is -2.32. The summed E-state index contributed by atoms with van der Waals surface area (Å²) in [7, 11) is -0.931. The lowest BCUT2D eigenvalue weighted by molar-refractivity contribution is -0.129. The molecule has 1 aromatic rings. The van der Waals surface area contributed by atoms with Crippen LogP contribution in [-0.4, -0.2) is 39.6 Å². The maximum atomic E-state index is 13.9. The van der Waals surface area contributed by atoms with E-state index in [-0.39, 0.29) is 11.5 Å². The Kier molecular flexibility index (Phi) is 5.05. The van der Waals surface area contributed by atoms with Crippen LogP contribution in [0.4, 0.5) is 8.78 Å². The van der Waals surface area contributed by atoms with Gasteiger partial charge in [-0.05, 0) is 25.5 Å². The van der Waals surface area contributed by atoms with E-state index in [0.717, 1.165) is 6.07 Å². The smallest absolute Gasteiger partial charge is 0.241 e. The first kappa shape index (κ1) is 16.0. The van der Waals surface area contributed by atoms with E-state index in [4.69, 9.17) is 0 Å². The maximum absolute atomic E-state index is 13.9. The van der Waals surface area contributed by atoms with Crippen LogP contribution in [-0.2, 0) is 15.6 Å². The van der Waals surface area contributed by atoms with Gasteiger partial charge in [0, 0.05) is 41.0 Å². The van der Waals surface area contributed by atoms with Crippen LogP contribution < -0.4 is 5.32 Å². The van der Waals surface area contributed by atoms with Crippen LogP contribution in [0, 0.1) is 11.6 Å². The van der Waals surface area contributed by atoms with Crippen LogP contribution in [0.3, 0.4) is 0 Å². The molecule has 1 N–H and O–H groups in total. The number of hydrogen-bond donors (Lipinski definition) is 1. The fourth-order valence-electron chi connectivity index (χ4n) is 2.43. The number of carbonyl (C=O) groups is 1. The zero-order valence-electron chi connectivity index (χ0n) is 11.9. The lowest BCUT2D eigenvalue weighted by atomic mass is 10.1. The molecule has 0 bridgehead atoms. The summed E-state index contributed by atoms with van der Waals surface area (Å²) < 4.78 is 38.0. The molecule has 1 aliphatic rings. The van der Waals surface area contributed by atoms with Gasteiger partial charge < -0.3 is 4.90 Å². The maximum Gasteiger partial charge on any atom is 0.241 e. The summed E-state index contributed by atoms with van der Waals surface area (Å²) in [5, 5.41) is 3.01. The fourth-order valence-corrected chi connectivity index (χ4v) is 2.97. The van der Waals surface area contributed by atoms with Crippen molar-refractivity contribution in [3.8, 4) is 0 Å². The van der Waals surface area contributed by atoms with E-state index in [1.807, 2.05) is 0 Å². The molecule has 0 spiro atoms. The molecule has 3 unspecified atom stereocenters. The normalized spacial score (nSPS) is 23.6. The van der Waals surface area contributed by atoms with Gasteiger partial charge in [0.05, 0.1) is 6.04 Å². The van der Waals surface area contributed by atoms with Crippen molar-refractivity contribution in [3.63, 3.8) is 0 Å². The van der Waals surface area contributed by atoms with E-state index in [1.54, 1.807) is 13.2 Å². The van der Waals surface area contributed by atoms with Crippen molar-refractivity contribution in [2.45, 2.75) is 25.6 Å². The van der Waals surface area contributed by atoms with Crippen LogP contribution >= 0.6 is 0 Å². The van der Waals surface area contributed by atoms with E-state index >= 15 is 0 Å². The highest BCUT2D eigenvalue weighted by molar-refractivity contribution is 7.84. The van der Waals surface area contributed by atoms with E-state index in [0.29, 0.717) is 18.7 Å². The van der Waals surface area contributed by atoms with Gasteiger partial charge in [0.2, 0.25) is 5.91 Å². The van der Waals surface area contributed by atoms with Gasteiger partial charge in [0.1, 0.15) is 17.8 Å². The Labute approximate surface area is 125 Å². The molecular formula is C14H18F2N2O2S. The van der Waals surface area contributed by atoms with Gasteiger partial charge >= 0.3 is 0 Å². The number of carbonyl (C=O) groups excluding carboxylic acids is 1. The van der Waals surface area contributed by atoms with Crippen molar-refractivity contribution >= 4 is 16.7 Å². The summed E-state index contributed by atoms with van der Waals surface area (Å²) in [6.45, 7) is 2.09. The summed E-state index contributed by atoms with van der Waals surface area (Å²) >= 11 is 0. The van der Waals surface area contributed by atoms with Crippen molar-refractivity contribution in [1.29, 1.82) is 0 Å². The summed E-state index contributed by atoms with van der Waals surface area (Å²) in [6.07, 6.45) is 1.56. The largest absolute Gasteiger partial charge is 0.321 e. The van der Waals surface area contributed by atoms with Crippen LogP contribution in [0.5, 0.6) is 0 Å². The van der Waals surface area contributed by atoms with Gasteiger partial charge in [-0.25, -0.2) is 8.78 Å². The van der Waals surface area contributed by atoms with Crippen molar-refractivity contribution in [2.75, 3.05) is 18.6 Å². The summed E-state index contributed by atoms with van der Waals surface area (Å²) in [5.41, 5.74) is 0.242. The Bertz CT molecular complexity index is 568. The van der Waals surface area contributed by atoms with Crippen molar-refractivity contribution in [1.82, 2.24) is 10.2 Å². The average molecular weight is 316 g/mol. The number of rotatable bonds is 5. The third-order valence-corrected chi connectivity index (χ3v) is 4.32. The van der Waals surface area contributed by atoms with E-state index in [2.05, 4.69) is 5.32 Å². The Morgan fingerprint density at radius 3 is 2.71 bits per heavy atom. The van der Waals surface area contributed by atoms with Gasteiger partial charge in [-0.3, -0.25) is 14.3 Å². The molecule has 1 aromatic carbocycles. The van der Waals surface area contributed by atoms with Crippen molar-refractivity contribution in [3.05, 3.63) is 35.4 Å². The van der Waals surface area contributed by atoms with Crippen LogP contribution in [0.1, 0.15) is 25.1 Å². The first-order chi connectivity index (χ1) is 9.90. The minimum absolute atomic E-state index is 0.134. The van der Waals surface area contributed by atoms with Crippen LogP contribution in [0.25, 0.3) is 0 Å². The molecule has 0 radical (unpaired) electrons. The summed E-state index contributed by atoms with van der Waals surface area (Å²) in [6, 6.07) is 2.90. The third-order valence-electron chi connectivity index (χ3n) is 3.46. The van der Waals surface area contributed by atoms with Gasteiger partial charge in [-0.1, -0.05) is 0 Å². The zero-order valence-corrected chi connectivity index (χ0v) is 12.8. The van der Waals surface area contributed by atoms with Crippen LogP contribution in [0.2, 0.25) is 0 Å². The minimum atomic E-state index is -0.931. The lowest BCUT2D eigenvalue weighted by Gasteiger charge is -2.24.